The van der Waals surface area contributed by atoms with Crippen molar-refractivity contribution >= 4 is 10.9 Å². The molecule has 4 fully saturated rings. The monoisotopic (exact) mass is 335 g/mol. The number of aromatic nitrogens is 1. The number of hydrogen-bond donors (Lipinski definition) is 0. The van der Waals surface area contributed by atoms with Crippen molar-refractivity contribution in [3.8, 4) is 0 Å². The summed E-state index contributed by atoms with van der Waals surface area (Å²) in [5.41, 5.74) is 2.57. The van der Waals surface area contributed by atoms with E-state index >= 15 is 0 Å². The Labute approximate surface area is 151 Å². The van der Waals surface area contributed by atoms with Gasteiger partial charge in [0.1, 0.15) is 0 Å². The van der Waals surface area contributed by atoms with Crippen LogP contribution >= 0.6 is 0 Å². The van der Waals surface area contributed by atoms with Gasteiger partial charge in [-0.25, -0.2) is 0 Å². The molecule has 25 heavy (non-hydrogen) atoms. The summed E-state index contributed by atoms with van der Waals surface area (Å²) in [6, 6.07) is 11.6. The van der Waals surface area contributed by atoms with E-state index in [9.17, 15) is 0 Å². The molecule has 0 spiro atoms. The van der Waals surface area contributed by atoms with Gasteiger partial charge in [0.05, 0.1) is 5.52 Å². The molecule has 3 aliphatic heterocycles. The fourth-order valence-electron chi connectivity index (χ4n) is 5.17. The summed E-state index contributed by atoms with van der Waals surface area (Å²) in [6.07, 6.45) is 9.23. The normalized spacial score (nSPS) is 28.2. The van der Waals surface area contributed by atoms with Crippen LogP contribution in [0.2, 0.25) is 0 Å². The van der Waals surface area contributed by atoms with Gasteiger partial charge in [0.15, 0.2) is 0 Å². The molecule has 0 amide bonds. The molecule has 1 aromatic heterocycles. The highest BCUT2D eigenvalue weighted by atomic mass is 15.3. The zero-order valence-electron chi connectivity index (χ0n) is 15.1. The Morgan fingerprint density at radius 1 is 0.960 bits per heavy atom. The number of piperidine rings is 1. The lowest BCUT2D eigenvalue weighted by atomic mass is 9.83. The SMILES string of the molecule is c1ccc2c(CN3C[C@@H]4CC[C@H](C3)N(CC3CCC3)C4)ccnc2c1. The Morgan fingerprint density at radius 3 is 2.76 bits per heavy atom. The summed E-state index contributed by atoms with van der Waals surface area (Å²) in [5, 5.41) is 1.33. The lowest BCUT2D eigenvalue weighted by Crippen LogP contribution is -2.46. The molecule has 1 aliphatic carbocycles. The van der Waals surface area contributed by atoms with Crippen LogP contribution in [0.1, 0.15) is 37.7 Å². The molecule has 2 atom stereocenters. The van der Waals surface area contributed by atoms with Crippen LogP contribution in [0.3, 0.4) is 0 Å². The van der Waals surface area contributed by atoms with E-state index in [0.29, 0.717) is 0 Å². The lowest BCUT2D eigenvalue weighted by Gasteiger charge is -2.40. The van der Waals surface area contributed by atoms with Crippen LogP contribution in [0.15, 0.2) is 36.5 Å². The quantitative estimate of drug-likeness (QED) is 0.844. The third-order valence-electron chi connectivity index (χ3n) is 6.75. The van der Waals surface area contributed by atoms with Gasteiger partial charge in [-0.1, -0.05) is 24.6 Å². The van der Waals surface area contributed by atoms with E-state index in [2.05, 4.69) is 45.1 Å². The first kappa shape index (κ1) is 15.8. The van der Waals surface area contributed by atoms with Crippen molar-refractivity contribution in [1.82, 2.24) is 14.8 Å². The van der Waals surface area contributed by atoms with Crippen molar-refractivity contribution < 1.29 is 0 Å². The molecule has 4 heterocycles. The van der Waals surface area contributed by atoms with E-state index in [0.717, 1.165) is 29.9 Å². The van der Waals surface area contributed by atoms with Gasteiger partial charge < -0.3 is 0 Å². The molecule has 2 bridgehead atoms. The average Bonchev–Trinajstić information content (AvgIpc) is 2.89. The van der Waals surface area contributed by atoms with Gasteiger partial charge in [-0.3, -0.25) is 14.8 Å². The van der Waals surface area contributed by atoms with E-state index in [1.807, 2.05) is 6.20 Å². The molecule has 6 rings (SSSR count). The molecule has 3 saturated heterocycles. The fraction of sp³-hybridized carbons (Fsp3) is 0.591. The van der Waals surface area contributed by atoms with E-state index in [1.165, 1.54) is 69.2 Å². The molecule has 0 radical (unpaired) electrons. The van der Waals surface area contributed by atoms with Crippen molar-refractivity contribution in [2.45, 2.75) is 44.7 Å². The van der Waals surface area contributed by atoms with E-state index in [4.69, 9.17) is 0 Å². The van der Waals surface area contributed by atoms with Crippen LogP contribution in [-0.4, -0.2) is 47.0 Å². The zero-order valence-corrected chi connectivity index (χ0v) is 15.1. The minimum atomic E-state index is 0.785. The number of para-hydroxylation sites is 1. The topological polar surface area (TPSA) is 19.4 Å². The number of fused-ring (bicyclic) bond motifs is 5. The first-order chi connectivity index (χ1) is 12.3. The highest BCUT2D eigenvalue weighted by Crippen LogP contribution is 2.33. The van der Waals surface area contributed by atoms with Crippen LogP contribution < -0.4 is 0 Å². The van der Waals surface area contributed by atoms with Gasteiger partial charge in [0.2, 0.25) is 0 Å². The zero-order chi connectivity index (χ0) is 16.6. The molecule has 3 nitrogen and oxygen atoms in total. The Bertz CT molecular complexity index is 734. The fourth-order valence-corrected chi connectivity index (χ4v) is 5.17. The molecule has 1 saturated carbocycles. The highest BCUT2D eigenvalue weighted by molar-refractivity contribution is 5.81. The van der Waals surface area contributed by atoms with E-state index in [1.54, 1.807) is 0 Å². The standard InChI is InChI=1S/C22H29N3/c1-2-7-22-21(6-1)19(10-11-23-22)15-24-12-18-8-9-20(16-24)25(14-18)13-17-4-3-5-17/h1-2,6-7,10-11,17-18,20H,3-5,8-9,12-16H2/t18-,20+/m0/s1. The maximum Gasteiger partial charge on any atom is 0.0705 e. The number of pyridine rings is 1. The van der Waals surface area contributed by atoms with Crippen molar-refractivity contribution in [2.75, 3.05) is 26.2 Å². The highest BCUT2D eigenvalue weighted by Gasteiger charge is 2.36. The molecule has 3 heteroatoms. The van der Waals surface area contributed by atoms with Gasteiger partial charge in [-0.2, -0.15) is 0 Å². The second-order valence-electron chi connectivity index (χ2n) is 8.53. The summed E-state index contributed by atoms with van der Waals surface area (Å²) >= 11 is 0. The van der Waals surface area contributed by atoms with Crippen molar-refractivity contribution in [3.63, 3.8) is 0 Å². The molecule has 0 N–H and O–H groups in total. The van der Waals surface area contributed by atoms with Gasteiger partial charge in [-0.15, -0.1) is 0 Å². The van der Waals surface area contributed by atoms with E-state index in [-0.39, 0.29) is 0 Å². The minimum Gasteiger partial charge on any atom is -0.299 e. The first-order valence-electron chi connectivity index (χ1n) is 10.1. The van der Waals surface area contributed by atoms with Gasteiger partial charge in [-0.05, 0) is 55.2 Å². The molecule has 1 aromatic carbocycles. The summed E-state index contributed by atoms with van der Waals surface area (Å²) < 4.78 is 0. The second kappa shape index (κ2) is 6.69. The third kappa shape index (κ3) is 3.20. The third-order valence-corrected chi connectivity index (χ3v) is 6.75. The molecular formula is C22H29N3. The van der Waals surface area contributed by atoms with Crippen LogP contribution in [-0.2, 0) is 6.54 Å². The molecule has 4 aliphatic rings. The first-order valence-corrected chi connectivity index (χ1v) is 10.1. The molecule has 0 unspecified atom stereocenters. The van der Waals surface area contributed by atoms with Crippen LogP contribution in [0.25, 0.3) is 10.9 Å². The number of hydrogen-bond acceptors (Lipinski definition) is 3. The van der Waals surface area contributed by atoms with Crippen molar-refractivity contribution in [1.29, 1.82) is 0 Å². The van der Waals surface area contributed by atoms with Crippen LogP contribution in [0.5, 0.6) is 0 Å². The smallest absolute Gasteiger partial charge is 0.0705 e. The molecule has 132 valence electrons. The Kier molecular flexibility index (Phi) is 4.23. The molecular weight excluding hydrogens is 306 g/mol. The Hall–Kier alpha value is -1.45. The number of nitrogens with zero attached hydrogens (tertiary/aromatic N) is 3. The van der Waals surface area contributed by atoms with Gasteiger partial charge in [0, 0.05) is 50.3 Å². The van der Waals surface area contributed by atoms with Crippen LogP contribution in [0, 0.1) is 11.8 Å². The predicted octanol–water partition coefficient (Wildman–Crippen LogP) is 3.93. The predicted molar refractivity (Wildman–Crippen MR) is 102 cm³/mol. The average molecular weight is 335 g/mol. The Balaban J connectivity index is 1.33. The maximum atomic E-state index is 4.53. The van der Waals surface area contributed by atoms with Crippen molar-refractivity contribution in [3.05, 3.63) is 42.1 Å². The van der Waals surface area contributed by atoms with Gasteiger partial charge >= 0.3 is 0 Å². The van der Waals surface area contributed by atoms with Crippen LogP contribution in [0.4, 0.5) is 0 Å². The largest absolute Gasteiger partial charge is 0.299 e. The summed E-state index contributed by atoms with van der Waals surface area (Å²) in [5.74, 6) is 1.86. The van der Waals surface area contributed by atoms with E-state index < -0.39 is 0 Å². The van der Waals surface area contributed by atoms with Gasteiger partial charge in [0.25, 0.3) is 0 Å². The summed E-state index contributed by atoms with van der Waals surface area (Å²) in [6.45, 7) is 6.31. The van der Waals surface area contributed by atoms with Crippen molar-refractivity contribution in [2.24, 2.45) is 11.8 Å². The summed E-state index contributed by atoms with van der Waals surface area (Å²) in [4.78, 5) is 10.1. The number of rotatable bonds is 4. The molecule has 2 aromatic rings. The number of benzene rings is 1. The Morgan fingerprint density at radius 2 is 1.88 bits per heavy atom. The lowest BCUT2D eigenvalue weighted by molar-refractivity contribution is 0.0891. The summed E-state index contributed by atoms with van der Waals surface area (Å²) in [7, 11) is 0. The second-order valence-corrected chi connectivity index (χ2v) is 8.53. The minimum absolute atomic E-state index is 0.785. The maximum absolute atomic E-state index is 4.53.